The van der Waals surface area contributed by atoms with Crippen molar-refractivity contribution in [2.24, 2.45) is 0 Å². The Balaban J connectivity index is 2.34. The second-order valence-corrected chi connectivity index (χ2v) is 6.66. The number of hydrogen-bond acceptors (Lipinski definition) is 4. The number of halogens is 4. The minimum Gasteiger partial charge on any atom is -0.503 e. The minimum atomic E-state index is -1.35. The summed E-state index contributed by atoms with van der Waals surface area (Å²) in [5.74, 6) is -9.07. The molecule has 3 aromatic rings. The molecule has 30 heavy (non-hydrogen) atoms. The van der Waals surface area contributed by atoms with Gasteiger partial charge in [0.05, 0.1) is 18.0 Å². The van der Waals surface area contributed by atoms with Gasteiger partial charge in [0.25, 0.3) is 5.91 Å². The number of phenolic OH excluding ortho intramolecular Hbond substituents is 1. The lowest BCUT2D eigenvalue weighted by molar-refractivity contribution is -0.144. The Labute approximate surface area is 168 Å². The number of carbonyl (C=O) groups excluding carboxylic acids is 2. The Bertz CT molecular complexity index is 1190. The van der Waals surface area contributed by atoms with E-state index in [1.54, 1.807) is 6.92 Å². The van der Waals surface area contributed by atoms with E-state index in [4.69, 9.17) is 4.74 Å². The fourth-order valence-corrected chi connectivity index (χ4v) is 3.45. The third kappa shape index (κ3) is 3.30. The van der Waals surface area contributed by atoms with Gasteiger partial charge < -0.3 is 9.84 Å². The van der Waals surface area contributed by atoms with Gasteiger partial charge >= 0.3 is 5.97 Å². The van der Waals surface area contributed by atoms with E-state index in [9.17, 15) is 32.3 Å². The average Bonchev–Trinajstić information content (AvgIpc) is 2.99. The molecule has 5 nitrogen and oxygen atoms in total. The van der Waals surface area contributed by atoms with Gasteiger partial charge in [-0.2, -0.15) is 0 Å². The van der Waals surface area contributed by atoms with E-state index in [-0.39, 0.29) is 34.3 Å². The molecule has 0 bridgehead atoms. The molecule has 1 atom stereocenters. The van der Waals surface area contributed by atoms with Crippen LogP contribution >= 0.6 is 0 Å². The number of carbonyl (C=O) groups is 2. The van der Waals surface area contributed by atoms with Crippen molar-refractivity contribution in [1.29, 1.82) is 0 Å². The summed E-state index contributed by atoms with van der Waals surface area (Å²) in [6.45, 7) is 4.43. The van der Waals surface area contributed by atoms with Gasteiger partial charge in [-0.3, -0.25) is 14.2 Å². The van der Waals surface area contributed by atoms with Gasteiger partial charge in [0.2, 0.25) is 0 Å². The van der Waals surface area contributed by atoms with Crippen LogP contribution in [0.5, 0.6) is 5.75 Å². The van der Waals surface area contributed by atoms with Gasteiger partial charge in [-0.05, 0) is 44.5 Å². The van der Waals surface area contributed by atoms with E-state index in [0.29, 0.717) is 6.07 Å². The van der Waals surface area contributed by atoms with E-state index in [2.05, 4.69) is 0 Å². The number of fused-ring (bicyclic) bond motifs is 1. The molecular formula is C21H17F4NO4. The number of phenols is 1. The Morgan fingerprint density at radius 1 is 1.10 bits per heavy atom. The highest BCUT2D eigenvalue weighted by Gasteiger charge is 2.31. The summed E-state index contributed by atoms with van der Waals surface area (Å²) >= 11 is 0. The maximum absolute atomic E-state index is 14.8. The zero-order valence-electron chi connectivity index (χ0n) is 16.2. The summed E-state index contributed by atoms with van der Waals surface area (Å²) in [6, 6.07) is 3.16. The Hall–Kier alpha value is -3.36. The molecule has 1 aromatic heterocycles. The van der Waals surface area contributed by atoms with Gasteiger partial charge in [0.15, 0.2) is 29.0 Å². The van der Waals surface area contributed by atoms with Crippen molar-refractivity contribution in [2.45, 2.75) is 26.7 Å². The first kappa shape index (κ1) is 21.4. The second kappa shape index (κ2) is 7.81. The Morgan fingerprint density at radius 2 is 1.77 bits per heavy atom. The van der Waals surface area contributed by atoms with Crippen molar-refractivity contribution in [3.63, 3.8) is 0 Å². The topological polar surface area (TPSA) is 68.5 Å². The molecule has 0 radical (unpaired) electrons. The molecule has 0 spiro atoms. The summed E-state index contributed by atoms with van der Waals surface area (Å²) in [4.78, 5) is 25.3. The molecule has 9 heteroatoms. The van der Waals surface area contributed by atoms with E-state index in [1.165, 1.54) is 13.8 Å². The lowest BCUT2D eigenvalue weighted by Crippen LogP contribution is -2.17. The lowest BCUT2D eigenvalue weighted by atomic mass is 9.97. The molecule has 0 aliphatic rings. The number of benzene rings is 2. The molecule has 3 rings (SSSR count). The molecule has 2 aromatic carbocycles. The van der Waals surface area contributed by atoms with Crippen LogP contribution in [0.15, 0.2) is 24.3 Å². The maximum Gasteiger partial charge on any atom is 0.313 e. The first-order valence-electron chi connectivity index (χ1n) is 8.98. The predicted molar refractivity (Wildman–Crippen MR) is 99.4 cm³/mol. The molecule has 0 fully saturated rings. The number of esters is 1. The van der Waals surface area contributed by atoms with Gasteiger partial charge in [0, 0.05) is 22.7 Å². The number of nitrogens with zero attached hydrogens (tertiary/aromatic N) is 1. The third-order valence-corrected chi connectivity index (χ3v) is 4.85. The van der Waals surface area contributed by atoms with Crippen LogP contribution in [0.4, 0.5) is 17.6 Å². The fourth-order valence-electron chi connectivity index (χ4n) is 3.45. The number of ether oxygens (including phenoxy) is 1. The van der Waals surface area contributed by atoms with Crippen molar-refractivity contribution in [1.82, 2.24) is 4.57 Å². The van der Waals surface area contributed by atoms with Crippen LogP contribution < -0.4 is 0 Å². The van der Waals surface area contributed by atoms with E-state index >= 15 is 0 Å². The second-order valence-electron chi connectivity index (χ2n) is 6.66. The summed E-state index contributed by atoms with van der Waals surface area (Å²) in [5, 5.41) is 9.38. The van der Waals surface area contributed by atoms with Crippen LogP contribution in [-0.4, -0.2) is 28.2 Å². The van der Waals surface area contributed by atoms with Crippen molar-refractivity contribution in [2.75, 3.05) is 6.61 Å². The summed E-state index contributed by atoms with van der Waals surface area (Å²) in [5.41, 5.74) is -0.490. The Kier molecular flexibility index (Phi) is 5.56. The van der Waals surface area contributed by atoms with Gasteiger partial charge in [0.1, 0.15) is 0 Å². The van der Waals surface area contributed by atoms with E-state index in [1.807, 2.05) is 0 Å². The van der Waals surface area contributed by atoms with Gasteiger partial charge in [-0.25, -0.2) is 17.6 Å². The number of hydrogen-bond donors (Lipinski definition) is 1. The quantitative estimate of drug-likeness (QED) is 0.493. The highest BCUT2D eigenvalue weighted by molar-refractivity contribution is 6.05. The van der Waals surface area contributed by atoms with Crippen molar-refractivity contribution in [3.8, 4) is 5.75 Å². The van der Waals surface area contributed by atoms with Gasteiger partial charge in [-0.15, -0.1) is 0 Å². The van der Waals surface area contributed by atoms with Gasteiger partial charge in [-0.1, -0.05) is 0 Å². The summed E-state index contributed by atoms with van der Waals surface area (Å²) < 4.78 is 61.6. The highest BCUT2D eigenvalue weighted by Crippen LogP contribution is 2.39. The highest BCUT2D eigenvalue weighted by atomic mass is 19.2. The SMILES string of the molecule is CCOC(=O)[C@H](C)c1c(C)n(C(=O)c2ccc(F)c(F)c2)c2cc(F)c(O)c(F)c12. The number of aromatic nitrogens is 1. The van der Waals surface area contributed by atoms with Crippen LogP contribution in [0.1, 0.15) is 41.4 Å². The average molecular weight is 423 g/mol. The minimum absolute atomic E-state index is 0.00665. The van der Waals surface area contributed by atoms with E-state index in [0.717, 1.165) is 22.8 Å². The smallest absolute Gasteiger partial charge is 0.313 e. The first-order chi connectivity index (χ1) is 14.1. The van der Waals surface area contributed by atoms with Crippen LogP contribution in [0.2, 0.25) is 0 Å². The van der Waals surface area contributed by atoms with Crippen LogP contribution in [-0.2, 0) is 9.53 Å². The summed E-state index contributed by atoms with van der Waals surface area (Å²) in [7, 11) is 0. The first-order valence-corrected chi connectivity index (χ1v) is 8.98. The zero-order valence-corrected chi connectivity index (χ0v) is 16.2. The zero-order chi connectivity index (χ0) is 22.3. The fraction of sp³-hybridized carbons (Fsp3) is 0.238. The molecule has 0 unspecified atom stereocenters. The predicted octanol–water partition coefficient (Wildman–Crippen LogP) is 4.57. The molecule has 1 N–H and O–H groups in total. The van der Waals surface area contributed by atoms with Crippen molar-refractivity contribution >= 4 is 22.8 Å². The summed E-state index contributed by atoms with van der Waals surface area (Å²) in [6.07, 6.45) is 0. The van der Waals surface area contributed by atoms with Crippen molar-refractivity contribution < 1.29 is 37.0 Å². The monoisotopic (exact) mass is 423 g/mol. The third-order valence-electron chi connectivity index (χ3n) is 4.85. The maximum atomic E-state index is 14.8. The lowest BCUT2D eigenvalue weighted by Gasteiger charge is -2.12. The van der Waals surface area contributed by atoms with Crippen LogP contribution in [0, 0.1) is 30.2 Å². The molecule has 0 amide bonds. The molecule has 158 valence electrons. The molecule has 0 saturated carbocycles. The number of rotatable bonds is 4. The van der Waals surface area contributed by atoms with Crippen LogP contribution in [0.25, 0.3) is 10.9 Å². The molecule has 0 aliphatic heterocycles. The van der Waals surface area contributed by atoms with E-state index < -0.39 is 46.8 Å². The standard InChI is InChI=1S/C21H17F4NO4/c1-4-30-21(29)9(2)16-10(3)26(15-8-14(24)19(27)18(25)17(15)16)20(28)11-5-6-12(22)13(23)7-11/h5-9,27H,4H2,1-3H3/t9-/m1/s1. The largest absolute Gasteiger partial charge is 0.503 e. The number of aromatic hydroxyl groups is 1. The molecule has 0 aliphatic carbocycles. The normalized spacial score (nSPS) is 12.2. The molecule has 1 heterocycles. The molecular weight excluding hydrogens is 406 g/mol. The molecule has 0 saturated heterocycles. The van der Waals surface area contributed by atoms with Crippen LogP contribution in [0.3, 0.4) is 0 Å². The Morgan fingerprint density at radius 3 is 2.37 bits per heavy atom. The van der Waals surface area contributed by atoms with Crippen molar-refractivity contribution in [3.05, 3.63) is 64.4 Å².